The Morgan fingerprint density at radius 1 is 1.10 bits per heavy atom. The van der Waals surface area contributed by atoms with Crippen LogP contribution in [0.3, 0.4) is 0 Å². The molecule has 2 aromatic rings. The number of nitrogens with zero attached hydrogens (tertiary/aromatic N) is 1. The molecule has 21 heavy (non-hydrogen) atoms. The zero-order valence-corrected chi connectivity index (χ0v) is 12.4. The Labute approximate surface area is 125 Å². The minimum Gasteiger partial charge on any atom is -0.322 e. The lowest BCUT2D eigenvalue weighted by molar-refractivity contribution is 0.0382. The van der Waals surface area contributed by atoms with E-state index < -0.39 is 0 Å². The van der Waals surface area contributed by atoms with Gasteiger partial charge in [0.1, 0.15) is 0 Å². The van der Waals surface area contributed by atoms with E-state index in [2.05, 4.69) is 5.48 Å². The Balaban J connectivity index is 1.79. The Kier molecular flexibility index (Phi) is 5.35. The molecule has 0 saturated carbocycles. The fourth-order valence-corrected chi connectivity index (χ4v) is 1.95. The molecule has 0 bridgehead atoms. The molecule has 1 N–H and O–H groups in total. The summed E-state index contributed by atoms with van der Waals surface area (Å²) < 4.78 is 0. The average molecular weight is 284 g/mol. The minimum atomic E-state index is -0.255. The normalized spacial score (nSPS) is 10.2. The van der Waals surface area contributed by atoms with Crippen LogP contribution in [0.2, 0.25) is 0 Å². The van der Waals surface area contributed by atoms with Crippen molar-refractivity contribution >= 4 is 6.03 Å². The van der Waals surface area contributed by atoms with Gasteiger partial charge < -0.3 is 4.90 Å². The van der Waals surface area contributed by atoms with E-state index in [0.717, 1.165) is 11.1 Å². The predicted octanol–water partition coefficient (Wildman–Crippen LogP) is 3.27. The maximum Gasteiger partial charge on any atom is 0.341 e. The number of hydroxylamine groups is 1. The lowest BCUT2D eigenvalue weighted by Gasteiger charge is -2.18. The Bertz CT molecular complexity index is 584. The molecule has 110 valence electrons. The van der Waals surface area contributed by atoms with Crippen molar-refractivity contribution in [1.82, 2.24) is 10.4 Å². The zero-order chi connectivity index (χ0) is 15.1. The van der Waals surface area contributed by atoms with Crippen LogP contribution in [-0.4, -0.2) is 18.0 Å². The van der Waals surface area contributed by atoms with Gasteiger partial charge in [-0.15, -0.1) is 0 Å². The first kappa shape index (κ1) is 15.1. The van der Waals surface area contributed by atoms with Crippen LogP contribution in [0.5, 0.6) is 0 Å². The van der Waals surface area contributed by atoms with Crippen molar-refractivity contribution in [2.24, 2.45) is 0 Å². The van der Waals surface area contributed by atoms with Gasteiger partial charge in [-0.3, -0.25) is 4.84 Å². The van der Waals surface area contributed by atoms with Crippen molar-refractivity contribution in [3.05, 3.63) is 71.3 Å². The summed E-state index contributed by atoms with van der Waals surface area (Å²) in [5, 5.41) is 0. The summed E-state index contributed by atoms with van der Waals surface area (Å²) in [4.78, 5) is 18.8. The van der Waals surface area contributed by atoms with Crippen LogP contribution in [0.1, 0.15) is 16.7 Å². The van der Waals surface area contributed by atoms with Gasteiger partial charge in [-0.05, 0) is 23.6 Å². The van der Waals surface area contributed by atoms with Crippen LogP contribution in [0, 0.1) is 6.92 Å². The summed E-state index contributed by atoms with van der Waals surface area (Å²) in [6.45, 7) is 2.94. The van der Waals surface area contributed by atoms with E-state index in [1.54, 1.807) is 11.9 Å². The second kappa shape index (κ2) is 7.45. The first-order valence-electron chi connectivity index (χ1n) is 6.88. The number of urea groups is 1. The molecule has 2 rings (SSSR count). The van der Waals surface area contributed by atoms with Crippen LogP contribution < -0.4 is 5.48 Å². The highest BCUT2D eigenvalue weighted by atomic mass is 16.7. The largest absolute Gasteiger partial charge is 0.341 e. The van der Waals surface area contributed by atoms with Crippen molar-refractivity contribution in [1.29, 1.82) is 0 Å². The third kappa shape index (κ3) is 4.61. The van der Waals surface area contributed by atoms with Gasteiger partial charge in [-0.1, -0.05) is 54.6 Å². The van der Waals surface area contributed by atoms with Gasteiger partial charge >= 0.3 is 6.03 Å². The van der Waals surface area contributed by atoms with Gasteiger partial charge in [0.2, 0.25) is 0 Å². The van der Waals surface area contributed by atoms with E-state index in [1.807, 2.05) is 61.5 Å². The molecule has 0 aromatic heterocycles. The SMILES string of the molecule is Cc1ccccc1CN(C)C(=O)NOCc1ccccc1. The average Bonchev–Trinajstić information content (AvgIpc) is 2.50. The first-order valence-corrected chi connectivity index (χ1v) is 6.88. The molecular weight excluding hydrogens is 264 g/mol. The fraction of sp³-hybridized carbons (Fsp3) is 0.235. The van der Waals surface area contributed by atoms with Crippen molar-refractivity contribution in [3.63, 3.8) is 0 Å². The van der Waals surface area contributed by atoms with Gasteiger partial charge in [-0.25, -0.2) is 10.3 Å². The number of aryl methyl sites for hydroxylation is 1. The van der Waals surface area contributed by atoms with Gasteiger partial charge in [0.15, 0.2) is 0 Å². The molecule has 0 saturated heterocycles. The second-order valence-electron chi connectivity index (χ2n) is 4.96. The predicted molar refractivity (Wildman–Crippen MR) is 82.4 cm³/mol. The van der Waals surface area contributed by atoms with Crippen molar-refractivity contribution in [2.45, 2.75) is 20.1 Å². The molecule has 2 amide bonds. The van der Waals surface area contributed by atoms with Crippen LogP contribution in [0.15, 0.2) is 54.6 Å². The first-order chi connectivity index (χ1) is 10.2. The number of hydrogen-bond donors (Lipinski definition) is 1. The lowest BCUT2D eigenvalue weighted by Crippen LogP contribution is -2.36. The molecule has 0 aliphatic rings. The molecule has 4 nitrogen and oxygen atoms in total. The lowest BCUT2D eigenvalue weighted by atomic mass is 10.1. The Morgan fingerprint density at radius 2 is 1.76 bits per heavy atom. The number of rotatable bonds is 5. The smallest absolute Gasteiger partial charge is 0.322 e. The summed E-state index contributed by atoms with van der Waals surface area (Å²) in [7, 11) is 1.74. The molecule has 0 atom stereocenters. The maximum absolute atomic E-state index is 11.9. The molecule has 0 aliphatic carbocycles. The summed E-state index contributed by atoms with van der Waals surface area (Å²) in [5.74, 6) is 0. The quantitative estimate of drug-likeness (QED) is 0.856. The third-order valence-electron chi connectivity index (χ3n) is 3.26. The summed E-state index contributed by atoms with van der Waals surface area (Å²) in [6.07, 6.45) is 0. The monoisotopic (exact) mass is 284 g/mol. The third-order valence-corrected chi connectivity index (χ3v) is 3.26. The maximum atomic E-state index is 11.9. The fourth-order valence-electron chi connectivity index (χ4n) is 1.95. The number of amides is 2. The minimum absolute atomic E-state index is 0.255. The van der Waals surface area contributed by atoms with Crippen molar-refractivity contribution in [3.8, 4) is 0 Å². The van der Waals surface area contributed by atoms with Crippen LogP contribution in [0.4, 0.5) is 4.79 Å². The van der Waals surface area contributed by atoms with E-state index in [1.165, 1.54) is 5.56 Å². The number of carbonyl (C=O) groups excluding carboxylic acids is 1. The highest BCUT2D eigenvalue weighted by Crippen LogP contribution is 2.09. The summed E-state index contributed by atoms with van der Waals surface area (Å²) >= 11 is 0. The molecule has 0 aliphatic heterocycles. The molecule has 4 heteroatoms. The molecule has 0 spiro atoms. The van der Waals surface area contributed by atoms with Crippen LogP contribution >= 0.6 is 0 Å². The van der Waals surface area contributed by atoms with E-state index in [-0.39, 0.29) is 6.03 Å². The molecule has 2 aromatic carbocycles. The van der Waals surface area contributed by atoms with Crippen molar-refractivity contribution in [2.75, 3.05) is 7.05 Å². The Morgan fingerprint density at radius 3 is 2.48 bits per heavy atom. The number of carbonyl (C=O) groups is 1. The zero-order valence-electron chi connectivity index (χ0n) is 12.4. The van der Waals surface area contributed by atoms with E-state index >= 15 is 0 Å². The van der Waals surface area contributed by atoms with Gasteiger partial charge in [0.25, 0.3) is 0 Å². The summed E-state index contributed by atoms with van der Waals surface area (Å²) in [6, 6.07) is 17.5. The van der Waals surface area contributed by atoms with E-state index in [9.17, 15) is 4.79 Å². The van der Waals surface area contributed by atoms with E-state index in [0.29, 0.717) is 13.2 Å². The molecule has 0 fully saturated rings. The number of nitrogens with one attached hydrogen (secondary N) is 1. The van der Waals surface area contributed by atoms with Crippen LogP contribution in [0.25, 0.3) is 0 Å². The number of benzene rings is 2. The Hall–Kier alpha value is -2.33. The standard InChI is InChI=1S/C17H20N2O2/c1-14-8-6-7-11-16(14)12-19(2)17(20)18-21-13-15-9-4-3-5-10-15/h3-11H,12-13H2,1-2H3,(H,18,20). The van der Waals surface area contributed by atoms with Gasteiger partial charge in [0.05, 0.1) is 6.61 Å². The molecule has 0 radical (unpaired) electrons. The highest BCUT2D eigenvalue weighted by molar-refractivity contribution is 5.72. The molecule has 0 heterocycles. The van der Waals surface area contributed by atoms with Gasteiger partial charge in [-0.2, -0.15) is 0 Å². The van der Waals surface area contributed by atoms with Gasteiger partial charge in [0, 0.05) is 13.6 Å². The molecular formula is C17H20N2O2. The number of hydrogen-bond acceptors (Lipinski definition) is 2. The second-order valence-corrected chi connectivity index (χ2v) is 4.96. The van der Waals surface area contributed by atoms with Crippen molar-refractivity contribution < 1.29 is 9.63 Å². The highest BCUT2D eigenvalue weighted by Gasteiger charge is 2.10. The molecule has 0 unspecified atom stereocenters. The van der Waals surface area contributed by atoms with E-state index in [4.69, 9.17) is 4.84 Å². The topological polar surface area (TPSA) is 41.6 Å². The van der Waals surface area contributed by atoms with Crippen LogP contribution in [-0.2, 0) is 18.0 Å². The summed E-state index contributed by atoms with van der Waals surface area (Å²) in [5.41, 5.74) is 5.76.